The van der Waals surface area contributed by atoms with Gasteiger partial charge in [0.25, 0.3) is 0 Å². The van der Waals surface area contributed by atoms with E-state index in [2.05, 4.69) is 46.8 Å². The van der Waals surface area contributed by atoms with E-state index >= 15 is 0 Å². The average Bonchev–Trinajstić information content (AvgIpc) is 2.42. The summed E-state index contributed by atoms with van der Waals surface area (Å²) in [5.41, 5.74) is 6.82. The van der Waals surface area contributed by atoms with Crippen LogP contribution in [0.3, 0.4) is 0 Å². The molecule has 1 aliphatic rings. The zero-order chi connectivity index (χ0) is 13.9. The van der Waals surface area contributed by atoms with Crippen LogP contribution in [0, 0.1) is 31.4 Å². The first-order valence-electron chi connectivity index (χ1n) is 6.49. The fraction of sp³-hybridized carbons (Fsp3) is 0.444. The molecular weight excluding hydrogens is 335 g/mol. The zero-order valence-electron chi connectivity index (χ0n) is 14.0. The monoisotopic (exact) mass is 360 g/mol. The number of hydrogen-bond acceptors (Lipinski definition) is 0. The van der Waals surface area contributed by atoms with Gasteiger partial charge in [-0.1, -0.05) is 47.0 Å². The summed E-state index contributed by atoms with van der Waals surface area (Å²) in [7, 11) is 0. The van der Waals surface area contributed by atoms with Crippen LogP contribution in [0.1, 0.15) is 45.7 Å². The Morgan fingerprint density at radius 3 is 1.43 bits per heavy atom. The molecule has 21 heavy (non-hydrogen) atoms. The van der Waals surface area contributed by atoms with E-state index in [1.54, 1.807) is 0 Å². The maximum Gasteiger partial charge on any atom is 2.00 e. The Hall–Kier alpha value is -0.00571. The summed E-state index contributed by atoms with van der Waals surface area (Å²) in [6.07, 6.45) is 3.44. The molecule has 0 radical (unpaired) electrons. The zero-order valence-corrected chi connectivity index (χ0v) is 17.2. The van der Waals surface area contributed by atoms with E-state index < -0.39 is 0 Å². The Bertz CT molecular complexity index is 482. The number of allylic oxidation sites excluding steroid dienone is 4. The van der Waals surface area contributed by atoms with Crippen LogP contribution in [0.4, 0.5) is 0 Å². The van der Waals surface area contributed by atoms with E-state index in [-0.39, 0.29) is 51.9 Å². The molecule has 1 aromatic rings. The van der Waals surface area contributed by atoms with E-state index in [1.807, 2.05) is 32.0 Å². The third-order valence-electron chi connectivity index (χ3n) is 3.65. The van der Waals surface area contributed by atoms with E-state index in [0.29, 0.717) is 0 Å². The Morgan fingerprint density at radius 1 is 0.857 bits per heavy atom. The maximum atomic E-state index is 3.44. The van der Waals surface area contributed by atoms with Gasteiger partial charge in [0.1, 0.15) is 0 Å². The van der Waals surface area contributed by atoms with Gasteiger partial charge in [-0.2, -0.15) is 46.5 Å². The van der Waals surface area contributed by atoms with Crippen molar-refractivity contribution in [1.82, 2.24) is 0 Å². The minimum atomic E-state index is 0. The molecule has 0 saturated carbocycles. The largest absolute Gasteiger partial charge is 2.00 e. The first-order chi connectivity index (χ1) is 8.24. The van der Waals surface area contributed by atoms with Crippen molar-refractivity contribution in [3.05, 3.63) is 58.2 Å². The number of hydrogen-bond donors (Lipinski definition) is 0. The Labute approximate surface area is 158 Å². The van der Waals surface area contributed by atoms with Gasteiger partial charge in [0, 0.05) is 0 Å². The van der Waals surface area contributed by atoms with Gasteiger partial charge in [0.05, 0.1) is 0 Å². The smallest absolute Gasteiger partial charge is 0.263 e. The molecule has 0 atom stereocenters. The van der Waals surface area contributed by atoms with Crippen molar-refractivity contribution in [2.75, 3.05) is 0 Å². The summed E-state index contributed by atoms with van der Waals surface area (Å²) in [5.74, 6) is 0. The van der Waals surface area contributed by atoms with Crippen LogP contribution in [0.5, 0.6) is 0 Å². The van der Waals surface area contributed by atoms with Crippen LogP contribution in [0.25, 0.3) is 0 Å². The molecule has 0 bridgehead atoms. The first-order valence-corrected chi connectivity index (χ1v) is 6.49. The third kappa shape index (κ3) is 7.70. The van der Waals surface area contributed by atoms with Crippen molar-refractivity contribution in [2.45, 2.75) is 48.5 Å². The van der Waals surface area contributed by atoms with Crippen molar-refractivity contribution < 1.29 is 21.7 Å². The van der Waals surface area contributed by atoms with E-state index in [4.69, 9.17) is 0 Å². The number of aryl methyl sites for hydroxylation is 2. The molecule has 0 aliphatic heterocycles. The van der Waals surface area contributed by atoms with Crippen LogP contribution in [0.15, 0.2) is 34.9 Å². The van der Waals surface area contributed by atoms with Crippen molar-refractivity contribution in [3.63, 3.8) is 0 Å². The van der Waals surface area contributed by atoms with Crippen LogP contribution in [-0.2, 0) is 21.7 Å². The minimum Gasteiger partial charge on any atom is -0.263 e. The molecule has 116 valence electrons. The molecule has 0 fully saturated rings. The Balaban J connectivity index is -0.000000274. The summed E-state index contributed by atoms with van der Waals surface area (Å²) in [6.45, 7) is 15.0. The molecule has 0 saturated heterocycles. The fourth-order valence-electron chi connectivity index (χ4n) is 2.14. The summed E-state index contributed by atoms with van der Waals surface area (Å²) in [6, 6.07) is 9.31. The molecule has 0 nitrogen and oxygen atoms in total. The average molecular weight is 361 g/mol. The molecule has 1 aromatic carbocycles. The topological polar surface area (TPSA) is 0 Å². The molecule has 2 rings (SSSR count). The van der Waals surface area contributed by atoms with Crippen LogP contribution >= 0.6 is 24.8 Å². The van der Waals surface area contributed by atoms with Gasteiger partial charge in [-0.3, -0.25) is 6.08 Å². The second-order valence-electron chi connectivity index (χ2n) is 5.64. The van der Waals surface area contributed by atoms with Crippen LogP contribution < -0.4 is 0 Å². The van der Waals surface area contributed by atoms with E-state index in [0.717, 1.165) is 0 Å². The maximum absolute atomic E-state index is 3.44. The van der Waals surface area contributed by atoms with Crippen molar-refractivity contribution >= 4 is 24.8 Å². The SMILES string of the molecule is CC1=[C-]C(C)(C)C(C)=C1C.Cc1[c-]c(C)ccc1.Cl.Cl.[Ti+2]. The summed E-state index contributed by atoms with van der Waals surface area (Å²) < 4.78 is 0. The van der Waals surface area contributed by atoms with Gasteiger partial charge in [-0.05, 0) is 0 Å². The van der Waals surface area contributed by atoms with Gasteiger partial charge >= 0.3 is 21.7 Å². The third-order valence-corrected chi connectivity index (χ3v) is 3.65. The normalized spacial score (nSPS) is 14.7. The van der Waals surface area contributed by atoms with Crippen LogP contribution in [-0.4, -0.2) is 0 Å². The molecular formula is C18H26Cl2Ti. The molecule has 0 N–H and O–H groups in total. The molecule has 0 unspecified atom stereocenters. The quantitative estimate of drug-likeness (QED) is 0.389. The molecule has 0 spiro atoms. The Morgan fingerprint density at radius 2 is 1.29 bits per heavy atom. The van der Waals surface area contributed by atoms with Gasteiger partial charge in [-0.15, -0.1) is 31.7 Å². The molecule has 1 aliphatic carbocycles. The fourth-order valence-corrected chi connectivity index (χ4v) is 2.14. The number of rotatable bonds is 0. The standard InChI is InChI=1S/C10H15.C8H9.2ClH.Ti/c1-7-6-10(4,5)9(3)8(7)2;1-7-4-3-5-8(2)6-7;;;/h1-5H3;3-5H,1-2H3;2*1H;/q2*-1;;;+2. The predicted molar refractivity (Wildman–Crippen MR) is 93.8 cm³/mol. The van der Waals surface area contributed by atoms with E-state index in [9.17, 15) is 0 Å². The van der Waals surface area contributed by atoms with Crippen molar-refractivity contribution in [2.24, 2.45) is 5.41 Å². The Kier molecular flexibility index (Phi) is 13.2. The van der Waals surface area contributed by atoms with Gasteiger partial charge in [0.2, 0.25) is 0 Å². The predicted octanol–water partition coefficient (Wildman–Crippen LogP) is 6.06. The summed E-state index contributed by atoms with van der Waals surface area (Å²) in [5, 5.41) is 0. The van der Waals surface area contributed by atoms with E-state index in [1.165, 1.54) is 27.8 Å². The van der Waals surface area contributed by atoms with Crippen molar-refractivity contribution in [3.8, 4) is 0 Å². The molecule has 3 heteroatoms. The molecule has 0 amide bonds. The van der Waals surface area contributed by atoms with Gasteiger partial charge < -0.3 is 0 Å². The second-order valence-corrected chi connectivity index (χ2v) is 5.64. The molecule has 0 aromatic heterocycles. The van der Waals surface area contributed by atoms with Crippen molar-refractivity contribution in [1.29, 1.82) is 0 Å². The summed E-state index contributed by atoms with van der Waals surface area (Å²) in [4.78, 5) is 0. The number of benzene rings is 1. The second kappa shape index (κ2) is 10.7. The van der Waals surface area contributed by atoms with Crippen LogP contribution in [0.2, 0.25) is 0 Å². The van der Waals surface area contributed by atoms with Gasteiger partial charge in [0.15, 0.2) is 0 Å². The summed E-state index contributed by atoms with van der Waals surface area (Å²) >= 11 is 0. The minimum absolute atomic E-state index is 0. The molecule has 0 heterocycles. The number of halogens is 2. The first kappa shape index (κ1) is 25.9. The van der Waals surface area contributed by atoms with Gasteiger partial charge in [-0.25, -0.2) is 5.57 Å².